The van der Waals surface area contributed by atoms with Gasteiger partial charge in [-0.05, 0) is 13.8 Å². The molecule has 2 heterocycles. The lowest BCUT2D eigenvalue weighted by Gasteiger charge is -2.14. The number of anilines is 2. The van der Waals surface area contributed by atoms with Gasteiger partial charge in [-0.2, -0.15) is 0 Å². The van der Waals surface area contributed by atoms with Gasteiger partial charge in [0, 0.05) is 45.0 Å². The zero-order chi connectivity index (χ0) is 18.4. The van der Waals surface area contributed by atoms with Gasteiger partial charge in [0.2, 0.25) is 5.91 Å². The first-order chi connectivity index (χ1) is 11.8. The number of amides is 1. The van der Waals surface area contributed by atoms with Crippen molar-refractivity contribution in [1.29, 1.82) is 0 Å². The Morgan fingerprint density at radius 1 is 1.20 bits per heavy atom. The van der Waals surface area contributed by atoms with Crippen LogP contribution in [-0.4, -0.2) is 52.6 Å². The first-order valence-electron chi connectivity index (χ1n) is 7.92. The number of nitrogens with zero attached hydrogens (tertiary/aromatic N) is 5. The van der Waals surface area contributed by atoms with Gasteiger partial charge in [0.1, 0.15) is 24.0 Å². The third kappa shape index (κ3) is 5.55. The summed E-state index contributed by atoms with van der Waals surface area (Å²) < 4.78 is 1.27. The third-order valence-corrected chi connectivity index (χ3v) is 3.37. The van der Waals surface area contributed by atoms with Crippen molar-refractivity contribution in [3.8, 4) is 0 Å². The minimum absolute atomic E-state index is 0.0521. The molecule has 0 aliphatic carbocycles. The number of hydrogen-bond donors (Lipinski definition) is 2. The van der Waals surface area contributed by atoms with Crippen LogP contribution >= 0.6 is 0 Å². The second kappa shape index (κ2) is 8.22. The van der Waals surface area contributed by atoms with E-state index in [4.69, 9.17) is 0 Å². The van der Waals surface area contributed by atoms with E-state index in [1.54, 1.807) is 6.92 Å². The molecule has 0 radical (unpaired) electrons. The lowest BCUT2D eigenvalue weighted by molar-refractivity contribution is -0.121. The van der Waals surface area contributed by atoms with Crippen LogP contribution in [0.4, 0.5) is 11.6 Å². The number of carbonyl (C=O) groups is 1. The van der Waals surface area contributed by atoms with Crippen molar-refractivity contribution in [2.45, 2.75) is 20.4 Å². The van der Waals surface area contributed by atoms with Crippen molar-refractivity contribution in [1.82, 2.24) is 24.8 Å². The fourth-order valence-corrected chi connectivity index (χ4v) is 2.11. The fraction of sp³-hybridized carbons (Fsp3) is 0.438. The van der Waals surface area contributed by atoms with Crippen LogP contribution in [0.3, 0.4) is 0 Å². The Labute approximate surface area is 146 Å². The molecular formula is C16H23N7O2. The smallest absolute Gasteiger partial charge is 0.253 e. The Hall–Kier alpha value is -2.97. The summed E-state index contributed by atoms with van der Waals surface area (Å²) in [6.45, 7) is 4.42. The standard InChI is InChI=1S/C16H23N7O2/c1-11-7-16(25)23(10-19-11)9-15(24)18-6-5-17-13-8-14(22(3)4)21-12(2)20-13/h7-8,10H,5-6,9H2,1-4H3,(H,18,24)(H,17,20,21). The highest BCUT2D eigenvalue weighted by atomic mass is 16.2. The Morgan fingerprint density at radius 2 is 1.96 bits per heavy atom. The van der Waals surface area contributed by atoms with Gasteiger partial charge in [-0.3, -0.25) is 14.2 Å². The molecule has 0 aliphatic heterocycles. The van der Waals surface area contributed by atoms with E-state index in [9.17, 15) is 9.59 Å². The van der Waals surface area contributed by atoms with E-state index in [2.05, 4.69) is 25.6 Å². The minimum Gasteiger partial charge on any atom is -0.368 e. The largest absolute Gasteiger partial charge is 0.368 e. The van der Waals surface area contributed by atoms with Crippen LogP contribution in [0.1, 0.15) is 11.5 Å². The summed E-state index contributed by atoms with van der Waals surface area (Å²) in [5, 5.41) is 5.90. The van der Waals surface area contributed by atoms with Crippen molar-refractivity contribution >= 4 is 17.5 Å². The summed E-state index contributed by atoms with van der Waals surface area (Å²) in [5.74, 6) is 1.93. The van der Waals surface area contributed by atoms with Crippen molar-refractivity contribution in [2.75, 3.05) is 37.4 Å². The molecule has 25 heavy (non-hydrogen) atoms. The zero-order valence-electron chi connectivity index (χ0n) is 14.9. The summed E-state index contributed by atoms with van der Waals surface area (Å²) in [5.41, 5.74) is 0.386. The number of aryl methyl sites for hydroxylation is 2. The van der Waals surface area contributed by atoms with Crippen molar-refractivity contribution in [2.24, 2.45) is 0 Å². The maximum atomic E-state index is 11.9. The number of hydrogen-bond acceptors (Lipinski definition) is 7. The van der Waals surface area contributed by atoms with E-state index in [1.165, 1.54) is 17.0 Å². The minimum atomic E-state index is -0.248. The van der Waals surface area contributed by atoms with Crippen LogP contribution in [0.25, 0.3) is 0 Å². The van der Waals surface area contributed by atoms with Crippen LogP contribution in [0.15, 0.2) is 23.3 Å². The number of carbonyl (C=O) groups excluding carboxylic acids is 1. The molecule has 9 heteroatoms. The van der Waals surface area contributed by atoms with Gasteiger partial charge < -0.3 is 15.5 Å². The van der Waals surface area contributed by atoms with Crippen molar-refractivity contribution in [3.63, 3.8) is 0 Å². The Balaban J connectivity index is 1.81. The molecule has 9 nitrogen and oxygen atoms in total. The van der Waals surface area contributed by atoms with Gasteiger partial charge in [0.25, 0.3) is 5.56 Å². The molecule has 0 fully saturated rings. The van der Waals surface area contributed by atoms with Gasteiger partial charge in [0.05, 0.1) is 6.33 Å². The highest BCUT2D eigenvalue weighted by Crippen LogP contribution is 2.12. The van der Waals surface area contributed by atoms with Crippen LogP contribution < -0.4 is 21.1 Å². The van der Waals surface area contributed by atoms with Gasteiger partial charge in [-0.1, -0.05) is 0 Å². The predicted octanol–water partition coefficient (Wildman–Crippen LogP) is -0.0556. The maximum Gasteiger partial charge on any atom is 0.253 e. The topological polar surface area (TPSA) is 105 Å². The SMILES string of the molecule is Cc1cc(=O)n(CC(=O)NCCNc2cc(N(C)C)nc(C)n2)cn1. The van der Waals surface area contributed by atoms with E-state index in [0.29, 0.717) is 30.4 Å². The molecule has 0 bridgehead atoms. The van der Waals surface area contributed by atoms with Crippen molar-refractivity contribution in [3.05, 3.63) is 40.3 Å². The highest BCUT2D eigenvalue weighted by molar-refractivity contribution is 5.75. The molecule has 1 amide bonds. The normalized spacial score (nSPS) is 10.4. The van der Waals surface area contributed by atoms with Crippen molar-refractivity contribution < 1.29 is 4.79 Å². The monoisotopic (exact) mass is 345 g/mol. The molecule has 0 saturated carbocycles. The molecule has 0 saturated heterocycles. The number of rotatable bonds is 7. The quantitative estimate of drug-likeness (QED) is 0.678. The van der Waals surface area contributed by atoms with Gasteiger partial charge in [-0.25, -0.2) is 15.0 Å². The van der Waals surface area contributed by atoms with E-state index in [-0.39, 0.29) is 18.0 Å². The van der Waals surface area contributed by atoms with E-state index >= 15 is 0 Å². The van der Waals surface area contributed by atoms with Gasteiger partial charge in [-0.15, -0.1) is 0 Å². The predicted molar refractivity (Wildman–Crippen MR) is 95.8 cm³/mol. The fourth-order valence-electron chi connectivity index (χ4n) is 2.11. The average molecular weight is 345 g/mol. The molecule has 2 N–H and O–H groups in total. The molecule has 0 unspecified atom stereocenters. The Bertz CT molecular complexity index is 801. The molecule has 0 atom stereocenters. The number of aromatic nitrogens is 4. The molecule has 2 rings (SSSR count). The van der Waals surface area contributed by atoms with E-state index in [0.717, 1.165) is 5.82 Å². The summed E-state index contributed by atoms with van der Waals surface area (Å²) in [4.78, 5) is 38.2. The van der Waals surface area contributed by atoms with Crippen LogP contribution in [0.2, 0.25) is 0 Å². The van der Waals surface area contributed by atoms with Crippen LogP contribution in [0, 0.1) is 13.8 Å². The van der Waals surface area contributed by atoms with Crippen LogP contribution in [0.5, 0.6) is 0 Å². The van der Waals surface area contributed by atoms with E-state index in [1.807, 2.05) is 32.0 Å². The first-order valence-corrected chi connectivity index (χ1v) is 7.92. The average Bonchev–Trinajstić information content (AvgIpc) is 2.54. The summed E-state index contributed by atoms with van der Waals surface area (Å²) in [7, 11) is 3.82. The summed E-state index contributed by atoms with van der Waals surface area (Å²) in [6.07, 6.45) is 1.38. The molecule has 2 aromatic heterocycles. The molecule has 134 valence electrons. The van der Waals surface area contributed by atoms with Gasteiger partial charge in [0.15, 0.2) is 0 Å². The molecule has 2 aromatic rings. The maximum absolute atomic E-state index is 11.9. The Kier molecular flexibility index (Phi) is 6.04. The van der Waals surface area contributed by atoms with Crippen LogP contribution in [-0.2, 0) is 11.3 Å². The second-order valence-electron chi connectivity index (χ2n) is 5.83. The second-order valence-corrected chi connectivity index (χ2v) is 5.83. The van der Waals surface area contributed by atoms with E-state index < -0.39 is 0 Å². The molecular weight excluding hydrogens is 322 g/mol. The Morgan fingerprint density at radius 3 is 2.64 bits per heavy atom. The first kappa shape index (κ1) is 18.4. The molecule has 0 spiro atoms. The van der Waals surface area contributed by atoms with Gasteiger partial charge >= 0.3 is 0 Å². The summed E-state index contributed by atoms with van der Waals surface area (Å²) >= 11 is 0. The third-order valence-electron chi connectivity index (χ3n) is 3.37. The molecule has 0 aromatic carbocycles. The highest BCUT2D eigenvalue weighted by Gasteiger charge is 2.06. The lowest BCUT2D eigenvalue weighted by atomic mass is 10.4. The lowest BCUT2D eigenvalue weighted by Crippen LogP contribution is -2.34. The summed E-state index contributed by atoms with van der Waals surface area (Å²) in [6, 6.07) is 3.24. The zero-order valence-corrected chi connectivity index (χ0v) is 14.9. The number of nitrogens with one attached hydrogen (secondary N) is 2. The molecule has 0 aliphatic rings.